The Morgan fingerprint density at radius 1 is 1.29 bits per heavy atom. The number of amides is 2. The van der Waals surface area contributed by atoms with Gasteiger partial charge in [-0.1, -0.05) is 30.3 Å². The van der Waals surface area contributed by atoms with Gasteiger partial charge in [0.25, 0.3) is 0 Å². The SMILES string of the molecule is CC1(C)C(C(=O)O)N2C(=O)[C@@H](NC(=O)Cc3ccccc3)[C@H]2S1=O. The molecule has 0 spiro atoms. The average Bonchev–Trinajstić information content (AvgIpc) is 2.71. The molecule has 0 radical (unpaired) electrons. The number of β-lactam (4-membered cyclic amide) rings is 1. The predicted octanol–water partition coefficient (Wildman–Crippen LogP) is -0.124. The van der Waals surface area contributed by atoms with Crippen LogP contribution < -0.4 is 5.32 Å². The topological polar surface area (TPSA) is 104 Å². The largest absolute Gasteiger partial charge is 0.480 e. The van der Waals surface area contributed by atoms with Gasteiger partial charge in [-0.3, -0.25) is 13.8 Å². The van der Waals surface area contributed by atoms with Gasteiger partial charge >= 0.3 is 5.97 Å². The van der Waals surface area contributed by atoms with Crippen molar-refractivity contribution in [1.29, 1.82) is 0 Å². The number of nitrogens with zero attached hydrogens (tertiary/aromatic N) is 1. The van der Waals surface area contributed by atoms with Crippen molar-refractivity contribution in [1.82, 2.24) is 10.2 Å². The van der Waals surface area contributed by atoms with E-state index in [9.17, 15) is 23.7 Å². The van der Waals surface area contributed by atoms with Crippen molar-refractivity contribution in [3.63, 3.8) is 0 Å². The fraction of sp³-hybridized carbons (Fsp3) is 0.438. The standard InChI is InChI=1S/C16H18N2O5S/c1-16(2)12(15(21)22)18-13(20)11(14(18)24(16)23)17-10(19)8-9-6-4-3-5-7-9/h3-7,11-12,14H,8H2,1-2H3,(H,17,19)(H,21,22)/t11-,12?,14-,24?/m1/s1. The van der Waals surface area contributed by atoms with Gasteiger partial charge in [-0.15, -0.1) is 0 Å². The van der Waals surface area contributed by atoms with Crippen LogP contribution in [0.1, 0.15) is 19.4 Å². The molecular formula is C16H18N2O5S. The molecule has 0 bridgehead atoms. The van der Waals surface area contributed by atoms with Gasteiger partial charge in [0.1, 0.15) is 17.5 Å². The summed E-state index contributed by atoms with van der Waals surface area (Å²) < 4.78 is 11.5. The summed E-state index contributed by atoms with van der Waals surface area (Å²) in [5, 5.41) is 11.2. The molecular weight excluding hydrogens is 332 g/mol. The van der Waals surface area contributed by atoms with Crippen molar-refractivity contribution in [2.75, 3.05) is 0 Å². The fourth-order valence-corrected chi connectivity index (χ4v) is 5.22. The third kappa shape index (κ3) is 2.41. The number of aliphatic carboxylic acids is 1. The maximum absolute atomic E-state index is 12.6. The van der Waals surface area contributed by atoms with Crippen LogP contribution in [0.4, 0.5) is 0 Å². The number of carboxylic acids is 1. The Hall–Kier alpha value is -2.22. The molecule has 2 aliphatic rings. The van der Waals surface area contributed by atoms with Gasteiger partial charge < -0.3 is 15.3 Å². The smallest absolute Gasteiger partial charge is 0.328 e. The minimum atomic E-state index is -1.58. The first-order chi connectivity index (χ1) is 11.2. The van der Waals surface area contributed by atoms with Gasteiger partial charge in [0.15, 0.2) is 0 Å². The molecule has 1 aromatic carbocycles. The highest BCUT2D eigenvalue weighted by Crippen LogP contribution is 2.43. The maximum Gasteiger partial charge on any atom is 0.328 e. The Kier molecular flexibility index (Phi) is 3.95. The summed E-state index contributed by atoms with van der Waals surface area (Å²) in [6, 6.07) is 6.99. The molecule has 2 N–H and O–H groups in total. The lowest BCUT2D eigenvalue weighted by molar-refractivity contribution is -0.161. The van der Waals surface area contributed by atoms with Crippen LogP contribution in [0.5, 0.6) is 0 Å². The van der Waals surface area contributed by atoms with Crippen LogP contribution in [-0.2, 0) is 31.6 Å². The van der Waals surface area contributed by atoms with Crippen LogP contribution in [0.25, 0.3) is 0 Å². The summed E-state index contributed by atoms with van der Waals surface area (Å²) >= 11 is 0. The highest BCUT2D eigenvalue weighted by atomic mass is 32.2. The van der Waals surface area contributed by atoms with Crippen molar-refractivity contribution < 1.29 is 23.7 Å². The molecule has 2 aliphatic heterocycles. The second kappa shape index (κ2) is 5.70. The van der Waals surface area contributed by atoms with Gasteiger partial charge in [-0.05, 0) is 19.4 Å². The summed E-state index contributed by atoms with van der Waals surface area (Å²) in [6.45, 7) is 3.13. The molecule has 4 atom stereocenters. The molecule has 0 aliphatic carbocycles. The Bertz CT molecular complexity index is 733. The molecule has 3 rings (SSSR count). The summed E-state index contributed by atoms with van der Waals surface area (Å²) in [6.07, 6.45) is 0.107. The fourth-order valence-electron chi connectivity index (χ4n) is 3.30. The molecule has 2 unspecified atom stereocenters. The lowest BCUT2D eigenvalue weighted by atomic mass is 9.96. The van der Waals surface area contributed by atoms with Gasteiger partial charge in [0.2, 0.25) is 11.8 Å². The predicted molar refractivity (Wildman–Crippen MR) is 86.4 cm³/mol. The molecule has 24 heavy (non-hydrogen) atoms. The zero-order valence-corrected chi connectivity index (χ0v) is 14.1. The third-order valence-corrected chi connectivity index (χ3v) is 6.71. The lowest BCUT2D eigenvalue weighted by Crippen LogP contribution is -2.71. The van der Waals surface area contributed by atoms with E-state index in [4.69, 9.17) is 0 Å². The van der Waals surface area contributed by atoms with E-state index in [-0.39, 0.29) is 12.3 Å². The number of rotatable bonds is 4. The van der Waals surface area contributed by atoms with Crippen molar-refractivity contribution in [3.05, 3.63) is 35.9 Å². The Morgan fingerprint density at radius 3 is 2.50 bits per heavy atom. The zero-order chi connectivity index (χ0) is 17.6. The van der Waals surface area contributed by atoms with Gasteiger partial charge in [0, 0.05) is 0 Å². The molecule has 2 fully saturated rings. The van der Waals surface area contributed by atoms with E-state index in [2.05, 4.69) is 5.32 Å². The first kappa shape index (κ1) is 16.6. The molecule has 7 nitrogen and oxygen atoms in total. The van der Waals surface area contributed by atoms with Gasteiger partial charge in [0.05, 0.1) is 22.0 Å². The Labute approximate surface area is 141 Å². The van der Waals surface area contributed by atoms with E-state index in [0.717, 1.165) is 10.5 Å². The van der Waals surface area contributed by atoms with Crippen molar-refractivity contribution in [2.24, 2.45) is 0 Å². The van der Waals surface area contributed by atoms with Gasteiger partial charge in [-0.2, -0.15) is 0 Å². The third-order valence-electron chi connectivity index (χ3n) is 4.51. The van der Waals surface area contributed by atoms with Crippen molar-refractivity contribution in [3.8, 4) is 0 Å². The first-order valence-electron chi connectivity index (χ1n) is 7.54. The van der Waals surface area contributed by atoms with Crippen molar-refractivity contribution >= 4 is 28.6 Å². The molecule has 8 heteroatoms. The van der Waals surface area contributed by atoms with Crippen LogP contribution in [0.15, 0.2) is 30.3 Å². The normalized spacial score (nSPS) is 30.4. The van der Waals surface area contributed by atoms with E-state index in [1.807, 2.05) is 18.2 Å². The molecule has 2 heterocycles. The first-order valence-corrected chi connectivity index (χ1v) is 8.75. The monoisotopic (exact) mass is 350 g/mol. The van der Waals surface area contributed by atoms with Gasteiger partial charge in [-0.25, -0.2) is 4.79 Å². The zero-order valence-electron chi connectivity index (χ0n) is 13.3. The highest BCUT2D eigenvalue weighted by molar-refractivity contribution is 7.87. The number of hydrogen-bond donors (Lipinski definition) is 2. The number of benzene rings is 1. The lowest BCUT2D eigenvalue weighted by Gasteiger charge is -2.43. The molecule has 0 saturated carbocycles. The van der Waals surface area contributed by atoms with E-state index < -0.39 is 44.9 Å². The second-order valence-electron chi connectivity index (χ2n) is 6.49. The van der Waals surface area contributed by atoms with E-state index in [0.29, 0.717) is 0 Å². The van der Waals surface area contributed by atoms with E-state index in [1.165, 1.54) is 0 Å². The number of carbonyl (C=O) groups is 3. The van der Waals surface area contributed by atoms with Crippen LogP contribution in [0.3, 0.4) is 0 Å². The molecule has 1 aromatic rings. The molecule has 128 valence electrons. The molecule has 2 saturated heterocycles. The summed E-state index contributed by atoms with van der Waals surface area (Å²) in [4.78, 5) is 37.0. The summed E-state index contributed by atoms with van der Waals surface area (Å²) in [5.41, 5.74) is 0.801. The van der Waals surface area contributed by atoms with Crippen LogP contribution in [0, 0.1) is 0 Å². The van der Waals surface area contributed by atoms with Crippen molar-refractivity contribution in [2.45, 2.75) is 42.5 Å². The Balaban J connectivity index is 1.74. The maximum atomic E-state index is 12.6. The number of carboxylic acid groups (broad SMARTS) is 1. The van der Waals surface area contributed by atoms with E-state index in [1.54, 1.807) is 26.0 Å². The van der Waals surface area contributed by atoms with E-state index >= 15 is 0 Å². The van der Waals surface area contributed by atoms with Crippen LogP contribution >= 0.6 is 0 Å². The Morgan fingerprint density at radius 2 is 1.92 bits per heavy atom. The molecule has 0 aromatic heterocycles. The number of hydrogen-bond acceptors (Lipinski definition) is 4. The quantitative estimate of drug-likeness (QED) is 0.737. The minimum absolute atomic E-state index is 0.107. The second-order valence-corrected chi connectivity index (χ2v) is 8.62. The van der Waals surface area contributed by atoms with Crippen LogP contribution in [0.2, 0.25) is 0 Å². The van der Waals surface area contributed by atoms with Crippen LogP contribution in [-0.4, -0.2) is 54.2 Å². The summed E-state index contributed by atoms with van der Waals surface area (Å²) in [5.74, 6) is -2.03. The average molecular weight is 350 g/mol. The summed E-state index contributed by atoms with van der Waals surface area (Å²) in [7, 11) is -1.58. The highest BCUT2D eigenvalue weighted by Gasteiger charge is 2.68. The molecule has 2 amide bonds. The number of fused-ring (bicyclic) bond motifs is 1. The minimum Gasteiger partial charge on any atom is -0.480 e. The number of nitrogens with one attached hydrogen (secondary N) is 1. The number of carbonyl (C=O) groups excluding carboxylic acids is 2.